The molecule has 0 atom stereocenters. The zero-order valence-corrected chi connectivity index (χ0v) is 17.1. The molecule has 0 aliphatic heterocycles. The van der Waals surface area contributed by atoms with Gasteiger partial charge in [-0.15, -0.1) is 12.4 Å². The Hall–Kier alpha value is -2.82. The van der Waals surface area contributed by atoms with E-state index in [4.69, 9.17) is 16.6 Å². The summed E-state index contributed by atoms with van der Waals surface area (Å²) in [4.78, 5) is 9.39. The molecule has 28 heavy (non-hydrogen) atoms. The average Bonchev–Trinajstić information content (AvgIpc) is 2.66. The highest BCUT2D eigenvalue weighted by Gasteiger charge is 2.10. The molecule has 4 nitrogen and oxygen atoms in total. The second kappa shape index (κ2) is 8.46. The standard InChI is InChI=1S/C22H19ClN4.ClH/c1-14-7-3-5-9-18(14)24-21-17-8-4-6-10-20(17)26-22(27-21)25-19-12-11-16(23)13-15(19)2;/h3-13H,1-2H3,(H2,24,25,26,27);1H. The molecule has 0 spiro atoms. The van der Waals surface area contributed by atoms with Gasteiger partial charge in [-0.1, -0.05) is 41.9 Å². The third kappa shape index (κ3) is 4.19. The van der Waals surface area contributed by atoms with E-state index >= 15 is 0 Å². The van der Waals surface area contributed by atoms with E-state index in [2.05, 4.69) is 28.6 Å². The van der Waals surface area contributed by atoms with Gasteiger partial charge in [0, 0.05) is 21.8 Å². The Morgan fingerprint density at radius 2 is 1.46 bits per heavy atom. The van der Waals surface area contributed by atoms with Crippen LogP contribution in [0.2, 0.25) is 5.02 Å². The van der Waals surface area contributed by atoms with Gasteiger partial charge in [0.25, 0.3) is 0 Å². The van der Waals surface area contributed by atoms with E-state index in [9.17, 15) is 0 Å². The third-order valence-electron chi connectivity index (χ3n) is 4.44. The zero-order valence-electron chi connectivity index (χ0n) is 15.5. The maximum absolute atomic E-state index is 6.06. The SMILES string of the molecule is Cc1cc(Cl)ccc1Nc1nc(Nc2ccccc2C)c2ccccc2n1.Cl. The van der Waals surface area contributed by atoms with Gasteiger partial charge in [0.05, 0.1) is 5.52 Å². The number of aryl methyl sites for hydroxylation is 2. The lowest BCUT2D eigenvalue weighted by Crippen LogP contribution is -2.03. The highest BCUT2D eigenvalue weighted by molar-refractivity contribution is 6.30. The summed E-state index contributed by atoms with van der Waals surface area (Å²) < 4.78 is 0. The smallest absolute Gasteiger partial charge is 0.229 e. The maximum Gasteiger partial charge on any atom is 0.229 e. The van der Waals surface area contributed by atoms with Gasteiger partial charge in [0.2, 0.25) is 5.95 Å². The zero-order chi connectivity index (χ0) is 18.8. The molecule has 142 valence electrons. The first-order valence-electron chi connectivity index (χ1n) is 8.73. The molecule has 1 heterocycles. The lowest BCUT2D eigenvalue weighted by molar-refractivity contribution is 1.20. The molecule has 6 heteroatoms. The first-order valence-corrected chi connectivity index (χ1v) is 9.10. The van der Waals surface area contributed by atoms with E-state index in [-0.39, 0.29) is 12.4 Å². The van der Waals surface area contributed by atoms with Crippen molar-refractivity contribution in [3.05, 3.63) is 82.9 Å². The summed E-state index contributed by atoms with van der Waals surface area (Å²) in [5.74, 6) is 1.30. The van der Waals surface area contributed by atoms with E-state index in [1.54, 1.807) is 0 Å². The summed E-state index contributed by atoms with van der Waals surface area (Å²) in [6, 6.07) is 21.8. The molecular formula is C22H20Cl2N4. The molecule has 0 bridgehead atoms. The van der Waals surface area contributed by atoms with E-state index in [1.807, 2.05) is 67.6 Å². The van der Waals surface area contributed by atoms with Gasteiger partial charge >= 0.3 is 0 Å². The minimum Gasteiger partial charge on any atom is -0.339 e. The number of halogens is 2. The predicted octanol–water partition coefficient (Wildman–Crippen LogP) is 6.81. The van der Waals surface area contributed by atoms with Crippen LogP contribution in [0.3, 0.4) is 0 Å². The molecular weight excluding hydrogens is 391 g/mol. The van der Waals surface area contributed by atoms with Crippen LogP contribution in [0, 0.1) is 13.8 Å². The van der Waals surface area contributed by atoms with Crippen LogP contribution in [-0.2, 0) is 0 Å². The Kier molecular flexibility index (Phi) is 6.02. The molecule has 0 radical (unpaired) electrons. The van der Waals surface area contributed by atoms with Crippen molar-refractivity contribution in [1.29, 1.82) is 0 Å². The van der Waals surface area contributed by atoms with Crippen molar-refractivity contribution in [2.75, 3.05) is 10.6 Å². The fourth-order valence-corrected chi connectivity index (χ4v) is 3.18. The number of aromatic nitrogens is 2. The van der Waals surface area contributed by atoms with Gasteiger partial charge in [-0.05, 0) is 61.4 Å². The molecule has 4 rings (SSSR count). The molecule has 4 aromatic rings. The fourth-order valence-electron chi connectivity index (χ4n) is 2.96. The Morgan fingerprint density at radius 1 is 0.750 bits per heavy atom. The first kappa shape index (κ1) is 19.9. The lowest BCUT2D eigenvalue weighted by Gasteiger charge is -2.14. The Bertz CT molecular complexity index is 1130. The van der Waals surface area contributed by atoms with E-state index in [0.29, 0.717) is 11.0 Å². The molecule has 1 aromatic heterocycles. The summed E-state index contributed by atoms with van der Waals surface area (Å²) in [5.41, 5.74) is 5.01. The second-order valence-electron chi connectivity index (χ2n) is 6.44. The van der Waals surface area contributed by atoms with E-state index in [1.165, 1.54) is 0 Å². The average molecular weight is 411 g/mol. The van der Waals surface area contributed by atoms with Crippen LogP contribution in [0.15, 0.2) is 66.7 Å². The van der Waals surface area contributed by atoms with Crippen molar-refractivity contribution in [2.24, 2.45) is 0 Å². The highest BCUT2D eigenvalue weighted by Crippen LogP contribution is 2.28. The number of fused-ring (bicyclic) bond motifs is 1. The van der Waals surface area contributed by atoms with E-state index < -0.39 is 0 Å². The number of para-hydroxylation sites is 2. The number of nitrogens with one attached hydrogen (secondary N) is 2. The van der Waals surface area contributed by atoms with Crippen LogP contribution in [0.5, 0.6) is 0 Å². The van der Waals surface area contributed by atoms with Gasteiger partial charge < -0.3 is 10.6 Å². The largest absolute Gasteiger partial charge is 0.339 e. The molecule has 0 amide bonds. The maximum atomic E-state index is 6.06. The first-order chi connectivity index (χ1) is 13.1. The number of benzene rings is 3. The molecule has 0 unspecified atom stereocenters. The van der Waals surface area contributed by atoms with Gasteiger partial charge in [0.15, 0.2) is 0 Å². The van der Waals surface area contributed by atoms with Gasteiger partial charge in [-0.2, -0.15) is 4.98 Å². The topological polar surface area (TPSA) is 49.8 Å². The molecule has 0 fully saturated rings. The quantitative estimate of drug-likeness (QED) is 0.387. The van der Waals surface area contributed by atoms with Crippen LogP contribution in [0.25, 0.3) is 10.9 Å². The van der Waals surface area contributed by atoms with Crippen LogP contribution in [0.1, 0.15) is 11.1 Å². The van der Waals surface area contributed by atoms with Gasteiger partial charge in [-0.3, -0.25) is 0 Å². The number of hydrogen-bond acceptors (Lipinski definition) is 4. The number of anilines is 4. The summed E-state index contributed by atoms with van der Waals surface area (Å²) in [5, 5.41) is 8.44. The second-order valence-corrected chi connectivity index (χ2v) is 6.87. The molecule has 0 saturated carbocycles. The fraction of sp³-hybridized carbons (Fsp3) is 0.0909. The molecule has 2 N–H and O–H groups in total. The van der Waals surface area contributed by atoms with Crippen molar-refractivity contribution < 1.29 is 0 Å². The van der Waals surface area contributed by atoms with Gasteiger partial charge in [0.1, 0.15) is 5.82 Å². The summed E-state index contributed by atoms with van der Waals surface area (Å²) in [6.07, 6.45) is 0. The number of nitrogens with zero attached hydrogens (tertiary/aromatic N) is 2. The highest BCUT2D eigenvalue weighted by atomic mass is 35.5. The van der Waals surface area contributed by atoms with Crippen molar-refractivity contribution >= 4 is 58.1 Å². The van der Waals surface area contributed by atoms with Crippen LogP contribution < -0.4 is 10.6 Å². The monoisotopic (exact) mass is 410 g/mol. The minimum atomic E-state index is 0. The molecule has 0 aliphatic rings. The van der Waals surface area contributed by atoms with Crippen molar-refractivity contribution in [1.82, 2.24) is 9.97 Å². The van der Waals surface area contributed by atoms with Crippen molar-refractivity contribution in [3.63, 3.8) is 0 Å². The molecule has 0 saturated heterocycles. The van der Waals surface area contributed by atoms with Crippen LogP contribution >= 0.6 is 24.0 Å². The summed E-state index contributed by atoms with van der Waals surface area (Å²) in [7, 11) is 0. The van der Waals surface area contributed by atoms with Crippen molar-refractivity contribution in [2.45, 2.75) is 13.8 Å². The summed E-state index contributed by atoms with van der Waals surface area (Å²) in [6.45, 7) is 4.07. The van der Waals surface area contributed by atoms with Gasteiger partial charge in [-0.25, -0.2) is 4.98 Å². The number of rotatable bonds is 4. The van der Waals surface area contributed by atoms with E-state index in [0.717, 1.165) is 39.2 Å². The minimum absolute atomic E-state index is 0. The Morgan fingerprint density at radius 3 is 2.25 bits per heavy atom. The Balaban J connectivity index is 0.00000225. The molecule has 0 aliphatic carbocycles. The number of hydrogen-bond donors (Lipinski definition) is 2. The van der Waals surface area contributed by atoms with Crippen LogP contribution in [-0.4, -0.2) is 9.97 Å². The summed E-state index contributed by atoms with van der Waals surface area (Å²) >= 11 is 6.06. The lowest BCUT2D eigenvalue weighted by atomic mass is 10.2. The normalized spacial score (nSPS) is 10.4. The van der Waals surface area contributed by atoms with Crippen molar-refractivity contribution in [3.8, 4) is 0 Å². The third-order valence-corrected chi connectivity index (χ3v) is 4.67. The molecule has 3 aromatic carbocycles. The predicted molar refractivity (Wildman–Crippen MR) is 121 cm³/mol. The van der Waals surface area contributed by atoms with Crippen LogP contribution in [0.4, 0.5) is 23.1 Å². The Labute approximate surface area is 175 Å².